The molecule has 1 aliphatic heterocycles. The lowest BCUT2D eigenvalue weighted by atomic mass is 10.1. The van der Waals surface area contributed by atoms with Crippen LogP contribution in [0.4, 0.5) is 0 Å². The average Bonchev–Trinajstić information content (AvgIpc) is 3.37. The highest BCUT2D eigenvalue weighted by Gasteiger charge is 2.39. The van der Waals surface area contributed by atoms with E-state index in [9.17, 15) is 26.4 Å². The molecule has 4 N–H and O–H groups in total. The van der Waals surface area contributed by atoms with Crippen LogP contribution in [-0.4, -0.2) is 70.0 Å². The summed E-state index contributed by atoms with van der Waals surface area (Å²) in [7, 11) is -6.71. The number of hydrogen-bond donors (Lipinski definition) is 4. The van der Waals surface area contributed by atoms with Crippen molar-refractivity contribution in [2.45, 2.75) is 52.8 Å². The minimum atomic E-state index is -4.36. The molecule has 0 radical (unpaired) electrons. The number of thiophene rings is 1. The Morgan fingerprint density at radius 2 is 1.95 bits per heavy atom. The van der Waals surface area contributed by atoms with Crippen molar-refractivity contribution in [3.05, 3.63) is 41.5 Å². The smallest absolute Gasteiger partial charge is 0.311 e. The van der Waals surface area contributed by atoms with E-state index in [1.807, 2.05) is 11.6 Å². The van der Waals surface area contributed by atoms with E-state index < -0.39 is 42.4 Å². The lowest BCUT2D eigenvalue weighted by Gasteiger charge is -2.27. The molecule has 1 amide bonds. The Labute approximate surface area is 241 Å². The molecule has 1 unspecified atom stereocenters. The van der Waals surface area contributed by atoms with Crippen LogP contribution in [0.1, 0.15) is 50.3 Å². The van der Waals surface area contributed by atoms with Crippen molar-refractivity contribution in [2.75, 3.05) is 20.3 Å². The van der Waals surface area contributed by atoms with Gasteiger partial charge in [0.05, 0.1) is 24.4 Å². The van der Waals surface area contributed by atoms with Crippen LogP contribution >= 0.6 is 11.3 Å². The molecular formula is C24H31N3O11S3. The zero-order valence-corrected chi connectivity index (χ0v) is 24.8. The molecular weight excluding hydrogens is 602 g/mol. The van der Waals surface area contributed by atoms with Crippen molar-refractivity contribution in [2.24, 2.45) is 0 Å². The molecule has 0 fully saturated rings. The number of fused-ring (bicyclic) bond motifs is 1. The number of sulfone groups is 1. The van der Waals surface area contributed by atoms with Crippen LogP contribution in [0.2, 0.25) is 0 Å². The van der Waals surface area contributed by atoms with Crippen molar-refractivity contribution >= 4 is 49.1 Å². The standard InChI is InChI=1S/C24H31N3O11S3/c1-4-25-18-12-15(2)40(32,33)24-17(18)14-23(39-24)41(34,35)26-21(28)10-8-16-7-9-19(20(13-16)36-3)38-22(29)6-5-11-37-27(30)31/h7-10,13-15,18,25,30-31H,4-6,11-12H2,1-3H3,(H,26,28)/b10-8+/t15?,18-/m0/s1. The molecule has 14 nitrogen and oxygen atoms in total. The first-order valence-corrected chi connectivity index (χ1v) is 16.2. The van der Waals surface area contributed by atoms with Crippen molar-refractivity contribution < 1.29 is 51.2 Å². The van der Waals surface area contributed by atoms with E-state index >= 15 is 0 Å². The lowest BCUT2D eigenvalue weighted by molar-refractivity contribution is -0.492. The van der Waals surface area contributed by atoms with Gasteiger partial charge in [-0.3, -0.25) is 24.8 Å². The first-order chi connectivity index (χ1) is 19.3. The highest BCUT2D eigenvalue weighted by molar-refractivity contribution is 7.95. The summed E-state index contributed by atoms with van der Waals surface area (Å²) in [6.07, 6.45) is 2.67. The molecule has 0 saturated carbocycles. The predicted octanol–water partition coefficient (Wildman–Crippen LogP) is 2.19. The number of amides is 1. The number of carbonyl (C=O) groups is 2. The lowest BCUT2D eigenvalue weighted by Crippen LogP contribution is -2.33. The zero-order chi connectivity index (χ0) is 30.4. The maximum Gasteiger partial charge on any atom is 0.311 e. The largest absolute Gasteiger partial charge is 0.493 e. The Balaban J connectivity index is 1.68. The summed E-state index contributed by atoms with van der Waals surface area (Å²) >= 11 is 0.614. The fourth-order valence-electron chi connectivity index (χ4n) is 3.97. The quantitative estimate of drug-likeness (QED) is 0.0824. The Kier molecular flexibility index (Phi) is 11.0. The molecule has 17 heteroatoms. The average molecular weight is 634 g/mol. The number of sulfonamides is 1. The summed E-state index contributed by atoms with van der Waals surface area (Å²) in [5, 5.41) is 19.0. The van der Waals surface area contributed by atoms with Crippen LogP contribution < -0.4 is 19.5 Å². The summed E-state index contributed by atoms with van der Waals surface area (Å²) in [6.45, 7) is 3.88. The number of esters is 1. The number of nitrogens with one attached hydrogen (secondary N) is 2. The summed E-state index contributed by atoms with van der Waals surface area (Å²) in [6, 6.07) is 5.35. The van der Waals surface area contributed by atoms with Gasteiger partial charge < -0.3 is 14.8 Å². The van der Waals surface area contributed by atoms with E-state index in [1.165, 1.54) is 37.5 Å². The second-order valence-electron chi connectivity index (χ2n) is 8.89. The van der Waals surface area contributed by atoms with Gasteiger partial charge in [-0.05, 0) is 56.1 Å². The molecule has 0 spiro atoms. The van der Waals surface area contributed by atoms with Gasteiger partial charge in [0.15, 0.2) is 21.3 Å². The SMILES string of the molecule is CCN[C@H]1CC(C)S(=O)(=O)c2sc(S(=O)(=O)NC(=O)/C=C/c3ccc(OC(=O)CCCON(O)O)c(OC)c3)cc21. The summed E-state index contributed by atoms with van der Waals surface area (Å²) in [4.78, 5) is 28.8. The minimum Gasteiger partial charge on any atom is -0.493 e. The second-order valence-corrected chi connectivity index (χ2v) is 14.4. The van der Waals surface area contributed by atoms with Gasteiger partial charge >= 0.3 is 5.97 Å². The molecule has 0 saturated heterocycles. The van der Waals surface area contributed by atoms with Crippen molar-refractivity contribution in [1.82, 2.24) is 15.4 Å². The third kappa shape index (κ3) is 8.32. The zero-order valence-electron chi connectivity index (χ0n) is 22.4. The molecule has 2 atom stereocenters. The Bertz CT molecular complexity index is 1500. The molecule has 0 bridgehead atoms. The normalized spacial score (nSPS) is 18.3. The van der Waals surface area contributed by atoms with Crippen LogP contribution in [0.15, 0.2) is 38.8 Å². The number of nitrogens with zero attached hydrogens (tertiary/aromatic N) is 1. The Morgan fingerprint density at radius 1 is 1.22 bits per heavy atom. The van der Waals surface area contributed by atoms with Crippen LogP contribution in [0.25, 0.3) is 6.08 Å². The van der Waals surface area contributed by atoms with Crippen LogP contribution in [0, 0.1) is 0 Å². The van der Waals surface area contributed by atoms with Gasteiger partial charge in [-0.25, -0.2) is 21.6 Å². The summed E-state index contributed by atoms with van der Waals surface area (Å²) < 4.78 is 63.6. The molecule has 1 aliphatic rings. The Hall–Kier alpha value is -2.90. The van der Waals surface area contributed by atoms with Gasteiger partial charge in [0, 0.05) is 24.1 Å². The fraction of sp³-hybridized carbons (Fsp3) is 0.417. The number of hydrogen-bond acceptors (Lipinski definition) is 14. The second kappa shape index (κ2) is 13.8. The number of benzene rings is 1. The van der Waals surface area contributed by atoms with Crippen molar-refractivity contribution in [1.29, 1.82) is 0 Å². The number of ether oxygens (including phenoxy) is 2. The molecule has 1 aromatic heterocycles. The summed E-state index contributed by atoms with van der Waals surface area (Å²) in [5.74, 6) is -1.33. The van der Waals surface area contributed by atoms with Crippen LogP contribution in [0.5, 0.6) is 11.5 Å². The first-order valence-electron chi connectivity index (χ1n) is 12.3. The molecule has 2 heterocycles. The van der Waals surface area contributed by atoms with Gasteiger partial charge in [-0.15, -0.1) is 11.3 Å². The van der Waals surface area contributed by atoms with E-state index in [-0.39, 0.29) is 45.4 Å². The van der Waals surface area contributed by atoms with E-state index in [1.54, 1.807) is 6.92 Å². The summed E-state index contributed by atoms with van der Waals surface area (Å²) in [5.41, 5.74) is 0.801. The van der Waals surface area contributed by atoms with E-state index in [0.29, 0.717) is 35.4 Å². The topological polar surface area (TPSA) is 198 Å². The van der Waals surface area contributed by atoms with E-state index in [2.05, 4.69) is 10.2 Å². The molecule has 1 aromatic carbocycles. The van der Waals surface area contributed by atoms with Gasteiger partial charge in [0.1, 0.15) is 8.42 Å². The molecule has 3 rings (SSSR count). The van der Waals surface area contributed by atoms with Crippen molar-refractivity contribution in [3.8, 4) is 11.5 Å². The van der Waals surface area contributed by atoms with Crippen LogP contribution in [-0.2, 0) is 34.3 Å². The van der Waals surface area contributed by atoms with E-state index in [0.717, 1.165) is 6.08 Å². The predicted molar refractivity (Wildman–Crippen MR) is 146 cm³/mol. The molecule has 226 valence electrons. The third-order valence-electron chi connectivity index (χ3n) is 5.95. The van der Waals surface area contributed by atoms with E-state index in [4.69, 9.17) is 19.9 Å². The third-order valence-corrected chi connectivity index (χ3v) is 11.7. The minimum absolute atomic E-state index is 0.0197. The maximum atomic E-state index is 12.9. The Morgan fingerprint density at radius 3 is 2.61 bits per heavy atom. The molecule has 41 heavy (non-hydrogen) atoms. The number of carbonyl (C=O) groups excluding carboxylic acids is 2. The molecule has 0 aliphatic carbocycles. The maximum absolute atomic E-state index is 12.9. The fourth-order valence-corrected chi connectivity index (χ4v) is 8.91. The number of rotatable bonds is 13. The highest BCUT2D eigenvalue weighted by Crippen LogP contribution is 2.42. The van der Waals surface area contributed by atoms with Crippen molar-refractivity contribution in [3.63, 3.8) is 0 Å². The van der Waals surface area contributed by atoms with Gasteiger partial charge in [0.2, 0.25) is 0 Å². The highest BCUT2D eigenvalue weighted by atomic mass is 32.3. The first kappa shape index (κ1) is 32.6. The van der Waals surface area contributed by atoms with Crippen LogP contribution in [0.3, 0.4) is 0 Å². The van der Waals surface area contributed by atoms with Gasteiger partial charge in [0.25, 0.3) is 15.9 Å². The van der Waals surface area contributed by atoms with Gasteiger partial charge in [-0.2, -0.15) is 0 Å². The number of methoxy groups -OCH3 is 1. The molecule has 2 aromatic rings. The monoisotopic (exact) mass is 633 g/mol. The van der Waals surface area contributed by atoms with Gasteiger partial charge in [-0.1, -0.05) is 13.0 Å².